The molecule has 0 unspecified atom stereocenters. The van der Waals surface area contributed by atoms with Crippen LogP contribution in [0.25, 0.3) is 11.3 Å². The molecule has 1 aliphatic heterocycles. The van der Waals surface area contributed by atoms with E-state index in [0.29, 0.717) is 43.3 Å². The van der Waals surface area contributed by atoms with Gasteiger partial charge in [0.05, 0.1) is 10.6 Å². The number of benzene rings is 3. The van der Waals surface area contributed by atoms with Crippen molar-refractivity contribution < 1.29 is 17.2 Å². The Bertz CT molecular complexity index is 1490. The molecule has 1 aliphatic rings. The van der Waals surface area contributed by atoms with Crippen molar-refractivity contribution in [2.75, 3.05) is 18.4 Å². The summed E-state index contributed by atoms with van der Waals surface area (Å²) in [5.41, 5.74) is 9.25. The molecule has 3 N–H and O–H groups in total. The van der Waals surface area contributed by atoms with Crippen molar-refractivity contribution in [2.45, 2.75) is 23.8 Å². The fourth-order valence-electron chi connectivity index (χ4n) is 4.62. The molecule has 0 aliphatic carbocycles. The van der Waals surface area contributed by atoms with Gasteiger partial charge < -0.3 is 11.1 Å². The molecule has 0 saturated carbocycles. The van der Waals surface area contributed by atoms with E-state index in [4.69, 9.17) is 5.73 Å². The van der Waals surface area contributed by atoms with Gasteiger partial charge in [0.2, 0.25) is 16.0 Å². The zero-order chi connectivity index (χ0) is 26.7. The van der Waals surface area contributed by atoms with Crippen LogP contribution in [0.2, 0.25) is 0 Å². The molecular formula is C28H27F2N5O2S. The lowest BCUT2D eigenvalue weighted by atomic mass is 9.86. The largest absolute Gasteiger partial charge is 0.324 e. The molecule has 1 atom stereocenters. The van der Waals surface area contributed by atoms with Gasteiger partial charge in [-0.25, -0.2) is 27.2 Å². The van der Waals surface area contributed by atoms with Gasteiger partial charge in [-0.05, 0) is 91.1 Å². The normalized spacial score (nSPS) is 15.8. The third kappa shape index (κ3) is 5.72. The molecule has 0 bridgehead atoms. The minimum Gasteiger partial charge on any atom is -0.324 e. The van der Waals surface area contributed by atoms with Crippen molar-refractivity contribution in [1.82, 2.24) is 14.3 Å². The molecule has 38 heavy (non-hydrogen) atoms. The van der Waals surface area contributed by atoms with Gasteiger partial charge in [-0.15, -0.1) is 0 Å². The van der Waals surface area contributed by atoms with E-state index in [2.05, 4.69) is 15.3 Å². The summed E-state index contributed by atoms with van der Waals surface area (Å²) < 4.78 is 54.4. The first-order valence-corrected chi connectivity index (χ1v) is 13.7. The Morgan fingerprint density at radius 3 is 2.11 bits per heavy atom. The Labute approximate surface area is 220 Å². The van der Waals surface area contributed by atoms with E-state index in [1.165, 1.54) is 28.6 Å². The molecule has 10 heteroatoms. The Morgan fingerprint density at radius 2 is 1.47 bits per heavy atom. The summed E-state index contributed by atoms with van der Waals surface area (Å²) in [5, 5.41) is 3.08. The summed E-state index contributed by atoms with van der Waals surface area (Å²) in [6, 6.07) is 20.1. The Kier molecular flexibility index (Phi) is 7.46. The lowest BCUT2D eigenvalue weighted by Crippen LogP contribution is -2.40. The maximum Gasteiger partial charge on any atom is 0.243 e. The highest BCUT2D eigenvalue weighted by molar-refractivity contribution is 7.89. The third-order valence-electron chi connectivity index (χ3n) is 6.81. The van der Waals surface area contributed by atoms with Crippen LogP contribution in [0, 0.1) is 17.6 Å². The predicted octanol–water partition coefficient (Wildman–Crippen LogP) is 5.27. The van der Waals surface area contributed by atoms with Crippen molar-refractivity contribution >= 4 is 21.7 Å². The highest BCUT2D eigenvalue weighted by Gasteiger charge is 2.32. The predicted molar refractivity (Wildman–Crippen MR) is 142 cm³/mol. The Morgan fingerprint density at radius 1 is 0.868 bits per heavy atom. The van der Waals surface area contributed by atoms with Gasteiger partial charge in [0.15, 0.2) is 0 Å². The smallest absolute Gasteiger partial charge is 0.243 e. The molecule has 5 rings (SSSR count). The van der Waals surface area contributed by atoms with Gasteiger partial charge in [-0.1, -0.05) is 12.1 Å². The number of nitrogens with one attached hydrogen (secondary N) is 1. The van der Waals surface area contributed by atoms with Crippen LogP contribution in [0.3, 0.4) is 0 Å². The number of piperidine rings is 1. The molecule has 7 nitrogen and oxygen atoms in total. The summed E-state index contributed by atoms with van der Waals surface area (Å²) in [4.78, 5) is 8.88. The van der Waals surface area contributed by atoms with Gasteiger partial charge in [-0.3, -0.25) is 0 Å². The highest BCUT2D eigenvalue weighted by atomic mass is 32.2. The van der Waals surface area contributed by atoms with E-state index >= 15 is 0 Å². The molecule has 2 heterocycles. The molecule has 1 fully saturated rings. The highest BCUT2D eigenvalue weighted by Crippen LogP contribution is 2.32. The standard InChI is InChI=1S/C28H27F2N5O2S/c29-22-5-1-19(2-6-22)26-13-16-32-28(34-26)33-24-9-11-25(12-10-24)38(36,37)35-17-14-21(15-18-35)27(31)20-3-7-23(30)8-4-20/h1-13,16,21,27H,14-15,17-18,31H2,(H,32,33,34)/t27-/m0/s1. The van der Waals surface area contributed by atoms with Crippen molar-refractivity contribution in [3.8, 4) is 11.3 Å². The maximum atomic E-state index is 13.2. The first-order valence-electron chi connectivity index (χ1n) is 12.3. The van der Waals surface area contributed by atoms with Crippen LogP contribution in [0.1, 0.15) is 24.4 Å². The van der Waals surface area contributed by atoms with Crippen LogP contribution < -0.4 is 11.1 Å². The van der Waals surface area contributed by atoms with Gasteiger partial charge in [0.25, 0.3) is 0 Å². The van der Waals surface area contributed by atoms with E-state index in [-0.39, 0.29) is 28.5 Å². The molecule has 4 aromatic rings. The second-order valence-electron chi connectivity index (χ2n) is 9.24. The minimum atomic E-state index is -3.66. The summed E-state index contributed by atoms with van der Waals surface area (Å²) in [6.45, 7) is 0.734. The first-order chi connectivity index (χ1) is 18.3. The van der Waals surface area contributed by atoms with Gasteiger partial charge in [-0.2, -0.15) is 4.31 Å². The lowest BCUT2D eigenvalue weighted by molar-refractivity contribution is 0.245. The number of rotatable bonds is 7. The van der Waals surface area contributed by atoms with E-state index in [0.717, 1.165) is 11.1 Å². The molecule has 0 radical (unpaired) electrons. The molecule has 3 aromatic carbocycles. The zero-order valence-electron chi connectivity index (χ0n) is 20.5. The topological polar surface area (TPSA) is 101 Å². The van der Waals surface area contributed by atoms with Crippen LogP contribution in [-0.2, 0) is 10.0 Å². The third-order valence-corrected chi connectivity index (χ3v) is 8.72. The summed E-state index contributed by atoms with van der Waals surface area (Å²) in [7, 11) is -3.66. The maximum absolute atomic E-state index is 13.2. The number of halogens is 2. The van der Waals surface area contributed by atoms with E-state index < -0.39 is 10.0 Å². The van der Waals surface area contributed by atoms with Gasteiger partial charge in [0.1, 0.15) is 11.6 Å². The number of aromatic nitrogens is 2. The molecule has 196 valence electrons. The fraction of sp³-hybridized carbons (Fsp3) is 0.214. The number of sulfonamides is 1. The SMILES string of the molecule is N[C@@H](c1ccc(F)cc1)C1CCN(S(=O)(=O)c2ccc(Nc3nccc(-c4ccc(F)cc4)n3)cc2)CC1. The number of nitrogens with two attached hydrogens (primary N) is 1. The average Bonchev–Trinajstić information content (AvgIpc) is 2.94. The number of nitrogens with zero attached hydrogens (tertiary/aromatic N) is 3. The van der Waals surface area contributed by atoms with Crippen molar-refractivity contribution in [2.24, 2.45) is 11.7 Å². The number of hydrogen-bond acceptors (Lipinski definition) is 6. The first kappa shape index (κ1) is 25.9. The average molecular weight is 536 g/mol. The Balaban J connectivity index is 1.22. The van der Waals surface area contributed by atoms with Crippen molar-refractivity contribution in [3.63, 3.8) is 0 Å². The second kappa shape index (κ2) is 10.9. The van der Waals surface area contributed by atoms with Crippen molar-refractivity contribution in [3.05, 3.63) is 102 Å². The molecule has 0 spiro atoms. The molecular weight excluding hydrogens is 508 g/mol. The van der Waals surface area contributed by atoms with Gasteiger partial charge >= 0.3 is 0 Å². The summed E-state index contributed by atoms with van der Waals surface area (Å²) in [6.07, 6.45) is 2.84. The quantitative estimate of drug-likeness (QED) is 0.335. The monoisotopic (exact) mass is 535 g/mol. The number of anilines is 2. The molecule has 1 aromatic heterocycles. The van der Waals surface area contributed by atoms with Crippen LogP contribution in [0.15, 0.2) is 90.0 Å². The van der Waals surface area contributed by atoms with E-state index in [1.807, 2.05) is 0 Å². The van der Waals surface area contributed by atoms with Crippen LogP contribution in [-0.4, -0.2) is 35.8 Å². The van der Waals surface area contributed by atoms with Crippen LogP contribution >= 0.6 is 0 Å². The lowest BCUT2D eigenvalue weighted by Gasteiger charge is -2.34. The second-order valence-corrected chi connectivity index (χ2v) is 11.2. The van der Waals surface area contributed by atoms with Crippen LogP contribution in [0.5, 0.6) is 0 Å². The fourth-order valence-corrected chi connectivity index (χ4v) is 6.09. The van der Waals surface area contributed by atoms with E-state index in [1.54, 1.807) is 60.8 Å². The molecule has 0 amide bonds. The van der Waals surface area contributed by atoms with E-state index in [9.17, 15) is 17.2 Å². The Hall–Kier alpha value is -3.73. The zero-order valence-corrected chi connectivity index (χ0v) is 21.3. The summed E-state index contributed by atoms with van der Waals surface area (Å²) in [5.74, 6) is -0.186. The molecule has 1 saturated heterocycles. The van der Waals surface area contributed by atoms with Crippen molar-refractivity contribution in [1.29, 1.82) is 0 Å². The van der Waals surface area contributed by atoms with Crippen LogP contribution in [0.4, 0.5) is 20.4 Å². The van der Waals surface area contributed by atoms with Gasteiger partial charge in [0, 0.05) is 36.6 Å². The minimum absolute atomic E-state index is 0.115. The summed E-state index contributed by atoms with van der Waals surface area (Å²) >= 11 is 0. The number of hydrogen-bond donors (Lipinski definition) is 2.